The monoisotopic (exact) mass is 342 g/mol. The second-order valence-corrected chi connectivity index (χ2v) is 6.53. The molecule has 0 unspecified atom stereocenters. The van der Waals surface area contributed by atoms with E-state index in [1.165, 1.54) is 0 Å². The number of halogens is 1. The van der Waals surface area contributed by atoms with E-state index < -0.39 is 0 Å². The second-order valence-electron chi connectivity index (χ2n) is 4.59. The van der Waals surface area contributed by atoms with Gasteiger partial charge in [0, 0.05) is 4.47 Å². The van der Waals surface area contributed by atoms with Crippen molar-refractivity contribution in [3.63, 3.8) is 0 Å². The van der Waals surface area contributed by atoms with Gasteiger partial charge in [-0.05, 0) is 29.9 Å². The van der Waals surface area contributed by atoms with Crippen molar-refractivity contribution in [1.29, 1.82) is 0 Å². The summed E-state index contributed by atoms with van der Waals surface area (Å²) in [6.07, 6.45) is 0. The molecule has 0 saturated heterocycles. The van der Waals surface area contributed by atoms with E-state index in [0.717, 1.165) is 16.0 Å². The molecule has 0 bridgehead atoms. The van der Waals surface area contributed by atoms with Gasteiger partial charge in [0.2, 0.25) is 0 Å². The number of aromatic hydroxyl groups is 1. The Morgan fingerprint density at radius 2 is 2.21 bits per heavy atom. The topological polar surface area (TPSA) is 59.2 Å². The Labute approximate surface area is 124 Å². The van der Waals surface area contributed by atoms with Gasteiger partial charge < -0.3 is 9.63 Å². The minimum Gasteiger partial charge on any atom is -0.507 e. The average molecular weight is 343 g/mol. The Balaban J connectivity index is 2.08. The number of hydrogen-bond acceptors (Lipinski definition) is 5. The van der Waals surface area contributed by atoms with Crippen LogP contribution in [0.1, 0.15) is 19.7 Å². The van der Waals surface area contributed by atoms with Gasteiger partial charge in [-0.2, -0.15) is 16.7 Å². The standard InChI is InChI=1S/C13H15BrN2O2S/c1-8(2)6-19-7-12-15-13(18-16-12)10-4-3-9(14)5-11(10)17/h3-5,8,17H,6-7H2,1-2H3. The maximum atomic E-state index is 9.84. The number of thioether (sulfide) groups is 1. The van der Waals surface area contributed by atoms with Crippen LogP contribution >= 0.6 is 27.7 Å². The van der Waals surface area contributed by atoms with Gasteiger partial charge in [0.15, 0.2) is 5.82 Å². The van der Waals surface area contributed by atoms with Crippen molar-refractivity contribution in [1.82, 2.24) is 10.1 Å². The molecule has 0 saturated carbocycles. The summed E-state index contributed by atoms with van der Waals surface area (Å²) in [5.41, 5.74) is 0.552. The summed E-state index contributed by atoms with van der Waals surface area (Å²) >= 11 is 5.07. The lowest BCUT2D eigenvalue weighted by atomic mass is 10.2. The molecule has 1 heterocycles. The maximum Gasteiger partial charge on any atom is 0.261 e. The molecule has 1 aromatic carbocycles. The molecule has 0 fully saturated rings. The van der Waals surface area contributed by atoms with Gasteiger partial charge in [-0.25, -0.2) is 0 Å². The van der Waals surface area contributed by atoms with Gasteiger partial charge in [-0.3, -0.25) is 0 Å². The Kier molecular flexibility index (Phi) is 4.87. The molecule has 2 aromatic rings. The maximum absolute atomic E-state index is 9.84. The Bertz CT molecular complexity index is 557. The minimum absolute atomic E-state index is 0.124. The summed E-state index contributed by atoms with van der Waals surface area (Å²) in [5.74, 6) is 3.56. The summed E-state index contributed by atoms with van der Waals surface area (Å²) in [4.78, 5) is 4.29. The largest absolute Gasteiger partial charge is 0.507 e. The zero-order valence-electron chi connectivity index (χ0n) is 10.8. The number of phenolic OH excluding ortho intramolecular Hbond substituents is 1. The highest BCUT2D eigenvalue weighted by Gasteiger charge is 2.13. The van der Waals surface area contributed by atoms with Crippen molar-refractivity contribution in [2.24, 2.45) is 5.92 Å². The highest BCUT2D eigenvalue weighted by Crippen LogP contribution is 2.30. The van der Waals surface area contributed by atoms with Crippen molar-refractivity contribution in [2.75, 3.05) is 5.75 Å². The third-order valence-corrected chi connectivity index (χ3v) is 4.20. The molecule has 2 rings (SSSR count). The van der Waals surface area contributed by atoms with Gasteiger partial charge >= 0.3 is 0 Å². The molecular weight excluding hydrogens is 328 g/mol. The van der Waals surface area contributed by atoms with E-state index in [9.17, 15) is 5.11 Å². The van der Waals surface area contributed by atoms with Crippen LogP contribution in [-0.2, 0) is 5.75 Å². The molecule has 4 nitrogen and oxygen atoms in total. The van der Waals surface area contributed by atoms with E-state index in [2.05, 4.69) is 39.9 Å². The Morgan fingerprint density at radius 3 is 2.89 bits per heavy atom. The first-order valence-corrected chi connectivity index (χ1v) is 7.90. The number of benzene rings is 1. The first-order valence-electron chi connectivity index (χ1n) is 5.95. The Morgan fingerprint density at radius 1 is 1.42 bits per heavy atom. The SMILES string of the molecule is CC(C)CSCc1noc(-c2ccc(Br)cc2O)n1. The van der Waals surface area contributed by atoms with Gasteiger partial charge in [0.1, 0.15) is 5.75 Å². The van der Waals surface area contributed by atoms with Crippen LogP contribution in [0.5, 0.6) is 5.75 Å². The number of hydrogen-bond donors (Lipinski definition) is 1. The van der Waals surface area contributed by atoms with Crippen molar-refractivity contribution < 1.29 is 9.63 Å². The van der Waals surface area contributed by atoms with Gasteiger partial charge in [-0.15, -0.1) is 0 Å². The normalized spacial score (nSPS) is 11.2. The van der Waals surface area contributed by atoms with Crippen LogP contribution in [-0.4, -0.2) is 21.0 Å². The highest BCUT2D eigenvalue weighted by atomic mass is 79.9. The highest BCUT2D eigenvalue weighted by molar-refractivity contribution is 9.10. The van der Waals surface area contributed by atoms with Crippen molar-refractivity contribution in [2.45, 2.75) is 19.6 Å². The minimum atomic E-state index is 0.124. The number of nitrogens with zero attached hydrogens (tertiary/aromatic N) is 2. The lowest BCUT2D eigenvalue weighted by molar-refractivity contribution is 0.419. The van der Waals surface area contributed by atoms with E-state index in [1.54, 1.807) is 23.9 Å². The number of aromatic nitrogens is 2. The molecule has 1 aromatic heterocycles. The van der Waals surface area contributed by atoms with Crippen molar-refractivity contribution in [3.05, 3.63) is 28.5 Å². The van der Waals surface area contributed by atoms with Crippen LogP contribution in [0.25, 0.3) is 11.5 Å². The van der Waals surface area contributed by atoms with Crippen molar-refractivity contribution in [3.8, 4) is 17.2 Å². The lowest BCUT2D eigenvalue weighted by Crippen LogP contribution is -1.92. The second kappa shape index (κ2) is 6.43. The van der Waals surface area contributed by atoms with E-state index >= 15 is 0 Å². The fourth-order valence-corrected chi connectivity index (χ4v) is 2.73. The predicted octanol–water partition coefficient (Wildman–Crippen LogP) is 4.09. The Hall–Kier alpha value is -1.01. The quantitative estimate of drug-likeness (QED) is 0.886. The fourth-order valence-electron chi connectivity index (χ4n) is 1.49. The first kappa shape index (κ1) is 14.4. The molecular formula is C13H15BrN2O2S. The third-order valence-electron chi connectivity index (χ3n) is 2.34. The van der Waals surface area contributed by atoms with E-state index in [0.29, 0.717) is 23.2 Å². The fraction of sp³-hybridized carbons (Fsp3) is 0.385. The number of rotatable bonds is 5. The molecule has 0 aliphatic carbocycles. The molecule has 0 aliphatic heterocycles. The molecule has 0 spiro atoms. The smallest absolute Gasteiger partial charge is 0.261 e. The van der Waals surface area contributed by atoms with Gasteiger partial charge in [0.25, 0.3) is 5.89 Å². The van der Waals surface area contributed by atoms with Crippen LogP contribution in [0, 0.1) is 5.92 Å². The molecule has 102 valence electrons. The molecule has 6 heteroatoms. The molecule has 0 amide bonds. The van der Waals surface area contributed by atoms with E-state index in [1.807, 2.05) is 6.07 Å². The summed E-state index contributed by atoms with van der Waals surface area (Å²) in [6.45, 7) is 4.35. The van der Waals surface area contributed by atoms with Crippen LogP contribution in [0.2, 0.25) is 0 Å². The molecule has 0 radical (unpaired) electrons. The third kappa shape index (κ3) is 3.98. The van der Waals surface area contributed by atoms with Crippen LogP contribution < -0.4 is 0 Å². The number of phenols is 1. The van der Waals surface area contributed by atoms with E-state index in [-0.39, 0.29) is 5.75 Å². The molecule has 0 atom stereocenters. The molecule has 1 N–H and O–H groups in total. The molecule has 19 heavy (non-hydrogen) atoms. The average Bonchev–Trinajstić information content (AvgIpc) is 2.77. The summed E-state index contributed by atoms with van der Waals surface area (Å²) in [5, 5.41) is 13.8. The zero-order chi connectivity index (χ0) is 13.8. The van der Waals surface area contributed by atoms with Crippen LogP contribution in [0.3, 0.4) is 0 Å². The van der Waals surface area contributed by atoms with Crippen molar-refractivity contribution >= 4 is 27.7 Å². The molecule has 0 aliphatic rings. The summed E-state index contributed by atoms with van der Waals surface area (Å²) < 4.78 is 5.99. The van der Waals surface area contributed by atoms with Gasteiger partial charge in [0.05, 0.1) is 11.3 Å². The summed E-state index contributed by atoms with van der Waals surface area (Å²) in [7, 11) is 0. The van der Waals surface area contributed by atoms with Crippen LogP contribution in [0.4, 0.5) is 0 Å². The predicted molar refractivity (Wildman–Crippen MR) is 80.1 cm³/mol. The summed E-state index contributed by atoms with van der Waals surface area (Å²) in [6, 6.07) is 5.18. The zero-order valence-corrected chi connectivity index (χ0v) is 13.2. The first-order chi connectivity index (χ1) is 9.06. The van der Waals surface area contributed by atoms with Gasteiger partial charge in [-0.1, -0.05) is 34.9 Å². The van der Waals surface area contributed by atoms with E-state index in [4.69, 9.17) is 4.52 Å². The van der Waals surface area contributed by atoms with Crippen LogP contribution in [0.15, 0.2) is 27.2 Å². The lowest BCUT2D eigenvalue weighted by Gasteiger charge is -2.00.